The highest BCUT2D eigenvalue weighted by atomic mass is 16.6. The summed E-state index contributed by atoms with van der Waals surface area (Å²) in [6.07, 6.45) is 1.56. The lowest BCUT2D eigenvalue weighted by atomic mass is 9.94. The zero-order chi connectivity index (χ0) is 30.3. The number of aliphatic hydroxyl groups is 1. The minimum Gasteiger partial charge on any atom is -0.507 e. The van der Waals surface area contributed by atoms with E-state index in [1.54, 1.807) is 23.1 Å². The van der Waals surface area contributed by atoms with Gasteiger partial charge >= 0.3 is 0 Å². The molecule has 5 rings (SSSR count). The predicted octanol–water partition coefficient (Wildman–Crippen LogP) is 4.43. The van der Waals surface area contributed by atoms with Gasteiger partial charge in [0.1, 0.15) is 19.0 Å². The molecule has 232 valence electrons. The number of aliphatic hydroxyl groups excluding tert-OH is 1. The van der Waals surface area contributed by atoms with Gasteiger partial charge in [-0.15, -0.1) is 0 Å². The van der Waals surface area contributed by atoms with Crippen LogP contribution in [0, 0.1) is 5.92 Å². The number of carbonyl (C=O) groups is 2. The minimum absolute atomic E-state index is 0.0315. The van der Waals surface area contributed by atoms with Gasteiger partial charge in [0, 0.05) is 31.7 Å². The van der Waals surface area contributed by atoms with Gasteiger partial charge in [0.25, 0.3) is 11.7 Å². The van der Waals surface area contributed by atoms with Crippen molar-refractivity contribution in [1.29, 1.82) is 0 Å². The number of carbonyl (C=O) groups excluding carboxylic acids is 2. The molecule has 2 fully saturated rings. The topological polar surface area (TPSA) is 107 Å². The van der Waals surface area contributed by atoms with E-state index in [2.05, 4.69) is 18.7 Å². The van der Waals surface area contributed by atoms with Gasteiger partial charge in [0.2, 0.25) is 0 Å². The standard InChI is InChI=1S/C33H42N2O8/c1-4-40-27-20-23(6-8-25(27)41-15-10-22(2)3)30-29(31(36)24-7-9-26-28(21-24)43-19-18-42-26)32(37)33(38)35(30)12-5-11-34-13-16-39-17-14-34/h6-9,20-22,30,36H,4-5,10-19H2,1-3H3/t30-/m0/s1. The van der Waals surface area contributed by atoms with Crippen molar-refractivity contribution in [1.82, 2.24) is 9.80 Å². The zero-order valence-electron chi connectivity index (χ0n) is 25.3. The molecule has 1 atom stereocenters. The van der Waals surface area contributed by atoms with Crippen molar-refractivity contribution in [2.24, 2.45) is 5.92 Å². The number of hydrogen-bond donors (Lipinski definition) is 1. The molecule has 1 N–H and O–H groups in total. The highest BCUT2D eigenvalue weighted by Gasteiger charge is 2.46. The van der Waals surface area contributed by atoms with Crippen molar-refractivity contribution in [2.45, 2.75) is 39.7 Å². The number of benzene rings is 2. The second kappa shape index (κ2) is 14.1. The smallest absolute Gasteiger partial charge is 0.295 e. The Morgan fingerprint density at radius 3 is 2.47 bits per heavy atom. The molecule has 0 radical (unpaired) electrons. The van der Waals surface area contributed by atoms with Crippen LogP contribution in [0.15, 0.2) is 42.0 Å². The molecular weight excluding hydrogens is 552 g/mol. The lowest BCUT2D eigenvalue weighted by molar-refractivity contribution is -0.140. The number of Topliss-reactive ketones (excluding diaryl/α,β-unsaturated/α-hetero) is 1. The normalized spacial score (nSPS) is 20.1. The molecule has 3 aliphatic heterocycles. The van der Waals surface area contributed by atoms with Crippen LogP contribution < -0.4 is 18.9 Å². The van der Waals surface area contributed by atoms with E-state index in [1.807, 2.05) is 25.1 Å². The van der Waals surface area contributed by atoms with Crippen molar-refractivity contribution in [2.75, 3.05) is 65.8 Å². The Labute approximate surface area is 253 Å². The molecule has 0 aromatic heterocycles. The third kappa shape index (κ3) is 7.08. The fourth-order valence-corrected chi connectivity index (χ4v) is 5.58. The molecular formula is C33H42N2O8. The lowest BCUT2D eigenvalue weighted by Gasteiger charge is -2.29. The number of ketones is 1. The Morgan fingerprint density at radius 2 is 1.72 bits per heavy atom. The van der Waals surface area contributed by atoms with Crippen LogP contribution in [-0.4, -0.2) is 92.4 Å². The van der Waals surface area contributed by atoms with Crippen LogP contribution in [0.2, 0.25) is 0 Å². The molecule has 43 heavy (non-hydrogen) atoms. The lowest BCUT2D eigenvalue weighted by Crippen LogP contribution is -2.39. The first kappa shape index (κ1) is 30.7. The summed E-state index contributed by atoms with van der Waals surface area (Å²) in [5.74, 6) is 1.05. The second-order valence-electron chi connectivity index (χ2n) is 11.3. The van der Waals surface area contributed by atoms with Crippen LogP contribution in [0.25, 0.3) is 5.76 Å². The summed E-state index contributed by atoms with van der Waals surface area (Å²) < 4.78 is 28.8. The van der Waals surface area contributed by atoms with Crippen LogP contribution in [-0.2, 0) is 14.3 Å². The molecule has 10 nitrogen and oxygen atoms in total. The van der Waals surface area contributed by atoms with Crippen LogP contribution in [0.5, 0.6) is 23.0 Å². The molecule has 1 amide bonds. The van der Waals surface area contributed by atoms with E-state index in [0.29, 0.717) is 92.6 Å². The number of likely N-dealkylation sites (tertiary alicyclic amines) is 1. The Morgan fingerprint density at radius 1 is 0.953 bits per heavy atom. The van der Waals surface area contributed by atoms with Gasteiger partial charge in [0.15, 0.2) is 23.0 Å². The molecule has 2 aromatic rings. The summed E-state index contributed by atoms with van der Waals surface area (Å²) in [6.45, 7) is 12.1. The fourth-order valence-electron chi connectivity index (χ4n) is 5.58. The van der Waals surface area contributed by atoms with Crippen LogP contribution in [0.1, 0.15) is 50.8 Å². The number of fused-ring (bicyclic) bond motifs is 1. The Kier molecular flexibility index (Phi) is 10.1. The molecule has 2 saturated heterocycles. The Balaban J connectivity index is 1.50. The van der Waals surface area contributed by atoms with E-state index in [1.165, 1.54) is 0 Å². The quantitative estimate of drug-likeness (QED) is 0.217. The number of morpholine rings is 1. The first-order valence-electron chi connectivity index (χ1n) is 15.3. The van der Waals surface area contributed by atoms with Gasteiger partial charge in [-0.25, -0.2) is 0 Å². The van der Waals surface area contributed by atoms with Crippen LogP contribution >= 0.6 is 0 Å². The maximum Gasteiger partial charge on any atom is 0.295 e. The number of rotatable bonds is 12. The summed E-state index contributed by atoms with van der Waals surface area (Å²) in [7, 11) is 0. The van der Waals surface area contributed by atoms with E-state index >= 15 is 0 Å². The molecule has 0 aliphatic carbocycles. The summed E-state index contributed by atoms with van der Waals surface area (Å²) in [5, 5.41) is 11.6. The molecule has 3 heterocycles. The summed E-state index contributed by atoms with van der Waals surface area (Å²) in [6, 6.07) is 9.69. The third-order valence-corrected chi connectivity index (χ3v) is 7.87. The van der Waals surface area contributed by atoms with Gasteiger partial charge < -0.3 is 33.7 Å². The van der Waals surface area contributed by atoms with E-state index in [4.69, 9.17) is 23.7 Å². The molecule has 0 bridgehead atoms. The average molecular weight is 595 g/mol. The highest BCUT2D eigenvalue weighted by Crippen LogP contribution is 2.43. The van der Waals surface area contributed by atoms with E-state index in [-0.39, 0.29) is 11.3 Å². The second-order valence-corrected chi connectivity index (χ2v) is 11.3. The van der Waals surface area contributed by atoms with Crippen molar-refractivity contribution >= 4 is 17.4 Å². The van der Waals surface area contributed by atoms with Gasteiger partial charge in [-0.3, -0.25) is 14.5 Å². The molecule has 2 aromatic carbocycles. The monoisotopic (exact) mass is 594 g/mol. The van der Waals surface area contributed by atoms with Gasteiger partial charge in [-0.1, -0.05) is 19.9 Å². The summed E-state index contributed by atoms with van der Waals surface area (Å²) in [4.78, 5) is 31.0. The molecule has 3 aliphatic rings. The number of ether oxygens (including phenoxy) is 5. The fraction of sp³-hybridized carbons (Fsp3) is 0.515. The first-order valence-corrected chi connectivity index (χ1v) is 15.3. The van der Waals surface area contributed by atoms with E-state index in [9.17, 15) is 14.7 Å². The van der Waals surface area contributed by atoms with Crippen molar-refractivity contribution in [3.63, 3.8) is 0 Å². The maximum atomic E-state index is 13.6. The Hall–Kier alpha value is -3.76. The average Bonchev–Trinajstić information content (AvgIpc) is 3.26. The van der Waals surface area contributed by atoms with E-state index < -0.39 is 17.7 Å². The van der Waals surface area contributed by atoms with Crippen molar-refractivity contribution in [3.8, 4) is 23.0 Å². The Bertz CT molecular complexity index is 1330. The number of nitrogens with zero attached hydrogens (tertiary/aromatic N) is 2. The van der Waals surface area contributed by atoms with E-state index in [0.717, 1.165) is 26.1 Å². The molecule has 0 spiro atoms. The SMILES string of the molecule is CCOc1cc([C@H]2C(=C(O)c3ccc4c(c3)OCCO4)C(=O)C(=O)N2CCCN2CCOCC2)ccc1OCCC(C)C. The van der Waals surface area contributed by atoms with Crippen molar-refractivity contribution in [3.05, 3.63) is 53.1 Å². The number of hydrogen-bond acceptors (Lipinski definition) is 9. The van der Waals surface area contributed by atoms with Crippen molar-refractivity contribution < 1.29 is 38.4 Å². The van der Waals surface area contributed by atoms with Crippen LogP contribution in [0.4, 0.5) is 0 Å². The molecule has 0 unspecified atom stereocenters. The summed E-state index contributed by atoms with van der Waals surface area (Å²) >= 11 is 0. The van der Waals surface area contributed by atoms with Crippen LogP contribution in [0.3, 0.4) is 0 Å². The minimum atomic E-state index is -0.804. The maximum absolute atomic E-state index is 13.6. The van der Waals surface area contributed by atoms with Gasteiger partial charge in [0.05, 0.1) is 38.0 Å². The largest absolute Gasteiger partial charge is 0.507 e. The van der Waals surface area contributed by atoms with Gasteiger partial charge in [-0.2, -0.15) is 0 Å². The number of amides is 1. The first-order chi connectivity index (χ1) is 20.9. The third-order valence-electron chi connectivity index (χ3n) is 7.87. The van der Waals surface area contributed by atoms with Gasteiger partial charge in [-0.05, 0) is 61.6 Å². The highest BCUT2D eigenvalue weighted by molar-refractivity contribution is 6.46. The summed E-state index contributed by atoms with van der Waals surface area (Å²) in [5.41, 5.74) is 1.06. The predicted molar refractivity (Wildman–Crippen MR) is 161 cm³/mol. The molecule has 10 heteroatoms. The zero-order valence-corrected chi connectivity index (χ0v) is 25.3. The molecule has 0 saturated carbocycles.